The fourth-order valence-electron chi connectivity index (χ4n) is 4.10. The Bertz CT molecular complexity index is 1060. The highest BCUT2D eigenvalue weighted by Gasteiger charge is 2.17. The molecule has 1 aliphatic heterocycles. The zero-order chi connectivity index (χ0) is 23.4. The highest BCUT2D eigenvalue weighted by Crippen LogP contribution is 2.25. The minimum Gasteiger partial charge on any atom is -0.372 e. The van der Waals surface area contributed by atoms with Crippen molar-refractivity contribution in [1.82, 2.24) is 5.06 Å². The van der Waals surface area contributed by atoms with E-state index in [2.05, 4.69) is 55.3 Å². The average Bonchev–Trinajstić information content (AvgIpc) is 3.35. The second-order valence-corrected chi connectivity index (χ2v) is 9.75. The molecule has 0 saturated carbocycles. The monoisotopic (exact) mass is 443 g/mol. The molecule has 0 bridgehead atoms. The molecule has 3 aromatic rings. The third kappa shape index (κ3) is 5.74. The molecule has 2 N–H and O–H groups in total. The molecule has 0 aliphatic carbocycles. The van der Waals surface area contributed by atoms with Crippen LogP contribution in [0.2, 0.25) is 0 Å². The maximum absolute atomic E-state index is 12.6. The number of carbonyl (C=O) groups is 1. The summed E-state index contributed by atoms with van der Waals surface area (Å²) >= 11 is 0. The Balaban J connectivity index is 1.33. The van der Waals surface area contributed by atoms with Crippen LogP contribution in [-0.2, 0) is 12.0 Å². The summed E-state index contributed by atoms with van der Waals surface area (Å²) in [4.78, 5) is 15.0. The van der Waals surface area contributed by atoms with E-state index in [1.807, 2.05) is 36.4 Å². The Hall–Kier alpha value is -3.31. The van der Waals surface area contributed by atoms with Crippen molar-refractivity contribution in [2.75, 3.05) is 23.3 Å². The summed E-state index contributed by atoms with van der Waals surface area (Å²) in [5.41, 5.74) is 5.86. The lowest BCUT2D eigenvalue weighted by Gasteiger charge is -2.19. The first-order valence-corrected chi connectivity index (χ1v) is 11.6. The first-order chi connectivity index (χ1) is 15.8. The number of amides is 1. The van der Waals surface area contributed by atoms with Crippen LogP contribution < -0.4 is 10.2 Å². The van der Waals surface area contributed by atoms with E-state index in [-0.39, 0.29) is 12.0 Å². The van der Waals surface area contributed by atoms with Gasteiger partial charge in [-0.05, 0) is 77.9 Å². The zero-order valence-corrected chi connectivity index (χ0v) is 19.7. The number of carbonyl (C=O) groups excluding carboxylic acids is 1. The summed E-state index contributed by atoms with van der Waals surface area (Å²) in [5, 5.41) is 14.5. The molecular formula is C28H33N3O2. The molecule has 0 spiro atoms. The van der Waals surface area contributed by atoms with Crippen molar-refractivity contribution < 1.29 is 10.0 Å². The smallest absolute Gasteiger partial charge is 0.277 e. The van der Waals surface area contributed by atoms with Gasteiger partial charge in [0.2, 0.25) is 0 Å². The standard InChI is InChI=1S/C28H33N3O2/c1-28(2,3)23-10-14-25(15-11-23)29-24-12-6-21(7-13-24)20-31(33)27(32)22-8-16-26(17-9-22)30-18-4-5-19-30/h6-17,29,33H,4-5,18-20H2,1-3H3. The molecule has 5 heteroatoms. The van der Waals surface area contributed by atoms with Crippen LogP contribution in [0.1, 0.15) is 55.1 Å². The topological polar surface area (TPSA) is 55.8 Å². The van der Waals surface area contributed by atoms with Gasteiger partial charge in [-0.2, -0.15) is 0 Å². The van der Waals surface area contributed by atoms with E-state index in [0.717, 1.165) is 40.8 Å². The fourth-order valence-corrected chi connectivity index (χ4v) is 4.10. The average molecular weight is 444 g/mol. The maximum Gasteiger partial charge on any atom is 0.277 e. The van der Waals surface area contributed by atoms with Crippen molar-refractivity contribution in [3.8, 4) is 0 Å². The normalized spacial score (nSPS) is 13.8. The van der Waals surface area contributed by atoms with Gasteiger partial charge in [0.05, 0.1) is 6.54 Å². The minimum atomic E-state index is -0.399. The molecule has 1 heterocycles. The molecule has 5 nitrogen and oxygen atoms in total. The second-order valence-electron chi connectivity index (χ2n) is 9.75. The fraction of sp³-hybridized carbons (Fsp3) is 0.321. The Kier molecular flexibility index (Phi) is 6.70. The molecule has 1 fully saturated rings. The van der Waals surface area contributed by atoms with Crippen molar-refractivity contribution in [3.63, 3.8) is 0 Å². The molecule has 33 heavy (non-hydrogen) atoms. The zero-order valence-electron chi connectivity index (χ0n) is 19.7. The molecule has 1 amide bonds. The summed E-state index contributed by atoms with van der Waals surface area (Å²) in [6.45, 7) is 8.86. The quantitative estimate of drug-likeness (QED) is 0.344. The molecule has 4 rings (SSSR count). The molecule has 1 saturated heterocycles. The van der Waals surface area contributed by atoms with Gasteiger partial charge in [-0.25, -0.2) is 5.06 Å². The van der Waals surface area contributed by atoms with Crippen LogP contribution in [0, 0.1) is 0 Å². The van der Waals surface area contributed by atoms with E-state index < -0.39 is 5.91 Å². The van der Waals surface area contributed by atoms with Gasteiger partial charge in [0, 0.05) is 35.7 Å². The van der Waals surface area contributed by atoms with Crippen LogP contribution in [-0.4, -0.2) is 29.3 Å². The predicted molar refractivity (Wildman–Crippen MR) is 134 cm³/mol. The van der Waals surface area contributed by atoms with Crippen LogP contribution >= 0.6 is 0 Å². The highest BCUT2D eigenvalue weighted by molar-refractivity contribution is 5.93. The van der Waals surface area contributed by atoms with Crippen LogP contribution in [0.25, 0.3) is 0 Å². The molecule has 0 atom stereocenters. The Morgan fingerprint density at radius 3 is 1.97 bits per heavy atom. The number of hydroxylamine groups is 2. The SMILES string of the molecule is CC(C)(C)c1ccc(Nc2ccc(CN(O)C(=O)c3ccc(N4CCCC4)cc3)cc2)cc1. The van der Waals surface area contributed by atoms with Crippen molar-refractivity contribution in [2.45, 2.75) is 45.6 Å². The van der Waals surface area contributed by atoms with Crippen LogP contribution in [0.3, 0.4) is 0 Å². The van der Waals surface area contributed by atoms with Gasteiger partial charge in [-0.15, -0.1) is 0 Å². The van der Waals surface area contributed by atoms with Crippen molar-refractivity contribution >= 4 is 23.0 Å². The minimum absolute atomic E-state index is 0.129. The maximum atomic E-state index is 12.6. The first-order valence-electron chi connectivity index (χ1n) is 11.6. The number of nitrogens with zero attached hydrogens (tertiary/aromatic N) is 2. The molecule has 0 aromatic heterocycles. The van der Waals surface area contributed by atoms with E-state index in [0.29, 0.717) is 5.56 Å². The lowest BCUT2D eigenvalue weighted by Crippen LogP contribution is -2.27. The summed E-state index contributed by atoms with van der Waals surface area (Å²) in [7, 11) is 0. The lowest BCUT2D eigenvalue weighted by atomic mass is 9.87. The van der Waals surface area contributed by atoms with Crippen molar-refractivity contribution in [2.24, 2.45) is 0 Å². The van der Waals surface area contributed by atoms with E-state index >= 15 is 0 Å². The Labute approximate surface area is 196 Å². The van der Waals surface area contributed by atoms with Crippen molar-refractivity contribution in [1.29, 1.82) is 0 Å². The number of anilines is 3. The molecule has 1 aliphatic rings. The van der Waals surface area contributed by atoms with E-state index in [1.165, 1.54) is 18.4 Å². The van der Waals surface area contributed by atoms with Gasteiger partial charge in [-0.3, -0.25) is 10.0 Å². The second kappa shape index (κ2) is 9.67. The van der Waals surface area contributed by atoms with E-state index in [9.17, 15) is 10.0 Å². The summed E-state index contributed by atoms with van der Waals surface area (Å²) < 4.78 is 0. The number of benzene rings is 3. The van der Waals surface area contributed by atoms with Gasteiger partial charge in [0.15, 0.2) is 0 Å². The number of hydrogen-bond acceptors (Lipinski definition) is 4. The van der Waals surface area contributed by atoms with E-state index in [4.69, 9.17) is 0 Å². The largest absolute Gasteiger partial charge is 0.372 e. The van der Waals surface area contributed by atoms with Gasteiger partial charge in [0.25, 0.3) is 5.91 Å². The summed E-state index contributed by atoms with van der Waals surface area (Å²) in [6, 6.07) is 23.7. The van der Waals surface area contributed by atoms with Gasteiger partial charge >= 0.3 is 0 Å². The van der Waals surface area contributed by atoms with Crippen LogP contribution in [0.5, 0.6) is 0 Å². The third-order valence-corrected chi connectivity index (χ3v) is 6.15. The third-order valence-electron chi connectivity index (χ3n) is 6.15. The first kappa shape index (κ1) is 22.9. The molecule has 3 aromatic carbocycles. The molecule has 0 unspecified atom stereocenters. The number of rotatable bonds is 6. The van der Waals surface area contributed by atoms with E-state index in [1.54, 1.807) is 12.1 Å². The molecule has 172 valence electrons. The number of nitrogens with one attached hydrogen (secondary N) is 1. The summed E-state index contributed by atoms with van der Waals surface area (Å²) in [6.07, 6.45) is 2.42. The predicted octanol–water partition coefficient (Wildman–Crippen LogP) is 6.36. The molecular weight excluding hydrogens is 410 g/mol. The van der Waals surface area contributed by atoms with Gasteiger partial charge in [-0.1, -0.05) is 45.0 Å². The lowest BCUT2D eigenvalue weighted by molar-refractivity contribution is -0.0648. The molecule has 0 radical (unpaired) electrons. The highest BCUT2D eigenvalue weighted by atomic mass is 16.5. The number of hydrogen-bond donors (Lipinski definition) is 2. The van der Waals surface area contributed by atoms with Gasteiger partial charge in [0.1, 0.15) is 0 Å². The van der Waals surface area contributed by atoms with Gasteiger partial charge < -0.3 is 10.2 Å². The van der Waals surface area contributed by atoms with Crippen LogP contribution in [0.4, 0.5) is 17.1 Å². The van der Waals surface area contributed by atoms with Crippen LogP contribution in [0.15, 0.2) is 72.8 Å². The summed E-state index contributed by atoms with van der Waals surface area (Å²) in [5.74, 6) is -0.399. The Morgan fingerprint density at radius 2 is 1.42 bits per heavy atom. The van der Waals surface area contributed by atoms with Crippen molar-refractivity contribution in [3.05, 3.63) is 89.5 Å². The Morgan fingerprint density at radius 1 is 0.879 bits per heavy atom.